The Kier molecular flexibility index (Phi) is 15.8. The molecule has 0 amide bonds. The van der Waals surface area contributed by atoms with Gasteiger partial charge in [-0.1, -0.05) is 44.9 Å². The highest BCUT2D eigenvalue weighted by atomic mass is 16.5. The van der Waals surface area contributed by atoms with Crippen molar-refractivity contribution in [1.29, 1.82) is 0 Å². The van der Waals surface area contributed by atoms with Crippen LogP contribution in [0.25, 0.3) is 0 Å². The molecule has 2 heteroatoms. The summed E-state index contributed by atoms with van der Waals surface area (Å²) < 4.78 is 10.5. The van der Waals surface area contributed by atoms with Gasteiger partial charge >= 0.3 is 0 Å². The van der Waals surface area contributed by atoms with E-state index in [0.717, 1.165) is 19.8 Å². The quantitative estimate of drug-likeness (QED) is 0.421. The average Bonchev–Trinajstić information content (AvgIpc) is 2.35. The lowest BCUT2D eigenvalue weighted by atomic mass is 10.1. The molecule has 17 heavy (non-hydrogen) atoms. The van der Waals surface area contributed by atoms with Gasteiger partial charge in [0.2, 0.25) is 0 Å². The van der Waals surface area contributed by atoms with Gasteiger partial charge in [-0.25, -0.2) is 0 Å². The minimum Gasteiger partial charge on any atom is -0.382 e. The Hall–Kier alpha value is -0.0800. The van der Waals surface area contributed by atoms with E-state index in [2.05, 4.69) is 13.8 Å². The van der Waals surface area contributed by atoms with Crippen LogP contribution in [0.1, 0.15) is 64.7 Å². The molecule has 0 bridgehead atoms. The van der Waals surface area contributed by atoms with Gasteiger partial charge in [0.1, 0.15) is 0 Å². The van der Waals surface area contributed by atoms with Crippen molar-refractivity contribution in [2.24, 2.45) is 0 Å². The molecule has 0 rings (SSSR count). The standard InChI is InChI=1S/C15H31O2/c1-3-16-14-12-10-8-6-5-7-9-11-13-15-17-4-2/h1,3-15H2,2H3. The van der Waals surface area contributed by atoms with Gasteiger partial charge in [-0.3, -0.25) is 0 Å². The molecule has 0 saturated carbocycles. The highest BCUT2D eigenvalue weighted by Gasteiger charge is 1.93. The van der Waals surface area contributed by atoms with Crippen molar-refractivity contribution < 1.29 is 9.47 Å². The molecule has 0 N–H and O–H groups in total. The Morgan fingerprint density at radius 1 is 0.647 bits per heavy atom. The van der Waals surface area contributed by atoms with Gasteiger partial charge in [-0.15, -0.1) is 0 Å². The Bertz CT molecular complexity index is 112. The summed E-state index contributed by atoms with van der Waals surface area (Å²) in [6.45, 7) is 9.02. The van der Waals surface area contributed by atoms with E-state index in [1.54, 1.807) is 0 Å². The van der Waals surface area contributed by atoms with Crippen LogP contribution in [0.5, 0.6) is 0 Å². The lowest BCUT2D eigenvalue weighted by Gasteiger charge is -2.03. The molecule has 103 valence electrons. The van der Waals surface area contributed by atoms with Crippen molar-refractivity contribution >= 4 is 0 Å². The zero-order valence-electron chi connectivity index (χ0n) is 11.7. The molecular weight excluding hydrogens is 212 g/mol. The summed E-state index contributed by atoms with van der Waals surface area (Å²) in [5.74, 6) is 0. The van der Waals surface area contributed by atoms with Gasteiger partial charge in [-0.2, -0.15) is 0 Å². The van der Waals surface area contributed by atoms with E-state index in [0.29, 0.717) is 6.61 Å². The van der Waals surface area contributed by atoms with Crippen LogP contribution in [0, 0.1) is 6.92 Å². The van der Waals surface area contributed by atoms with Crippen LogP contribution in [0.3, 0.4) is 0 Å². The molecule has 0 heterocycles. The summed E-state index contributed by atoms with van der Waals surface area (Å²) in [6, 6.07) is 0. The van der Waals surface area contributed by atoms with Gasteiger partial charge in [0.05, 0.1) is 0 Å². The van der Waals surface area contributed by atoms with Crippen molar-refractivity contribution in [3.8, 4) is 0 Å². The lowest BCUT2D eigenvalue weighted by Crippen LogP contribution is -1.93. The third-order valence-electron chi connectivity index (χ3n) is 2.93. The summed E-state index contributed by atoms with van der Waals surface area (Å²) in [5, 5.41) is 0. The smallest absolute Gasteiger partial charge is 0.0466 e. The second-order valence-corrected chi connectivity index (χ2v) is 4.49. The molecule has 0 atom stereocenters. The molecule has 0 spiro atoms. The highest BCUT2D eigenvalue weighted by Crippen LogP contribution is 2.09. The van der Waals surface area contributed by atoms with Gasteiger partial charge in [-0.05, 0) is 26.7 Å². The van der Waals surface area contributed by atoms with E-state index in [-0.39, 0.29) is 0 Å². The normalized spacial score (nSPS) is 10.9. The van der Waals surface area contributed by atoms with E-state index in [4.69, 9.17) is 9.47 Å². The highest BCUT2D eigenvalue weighted by molar-refractivity contribution is 4.47. The maximum atomic E-state index is 5.31. The molecule has 0 aliphatic carbocycles. The van der Waals surface area contributed by atoms with E-state index >= 15 is 0 Å². The van der Waals surface area contributed by atoms with Crippen molar-refractivity contribution in [3.63, 3.8) is 0 Å². The molecule has 0 aromatic heterocycles. The Morgan fingerprint density at radius 2 is 1.06 bits per heavy atom. The van der Waals surface area contributed by atoms with Crippen LogP contribution in [-0.2, 0) is 9.47 Å². The Morgan fingerprint density at radius 3 is 1.47 bits per heavy atom. The fourth-order valence-electron chi connectivity index (χ4n) is 1.89. The fourth-order valence-corrected chi connectivity index (χ4v) is 1.89. The van der Waals surface area contributed by atoms with Crippen molar-refractivity contribution in [2.45, 2.75) is 64.7 Å². The molecular formula is C15H31O2. The second-order valence-electron chi connectivity index (χ2n) is 4.49. The first-order valence-electron chi connectivity index (χ1n) is 7.36. The van der Waals surface area contributed by atoms with E-state index < -0.39 is 0 Å². The SMILES string of the molecule is [CH2]COCCCCCCCCCCCOCC. The summed E-state index contributed by atoms with van der Waals surface area (Å²) >= 11 is 0. The molecule has 0 aromatic rings. The topological polar surface area (TPSA) is 18.5 Å². The number of unbranched alkanes of at least 4 members (excludes halogenated alkanes) is 8. The summed E-state index contributed by atoms with van der Waals surface area (Å²) in [6.07, 6.45) is 12.0. The molecule has 0 aromatic carbocycles. The van der Waals surface area contributed by atoms with Crippen LogP contribution in [0.2, 0.25) is 0 Å². The van der Waals surface area contributed by atoms with Crippen LogP contribution in [0.15, 0.2) is 0 Å². The predicted octanol–water partition coefficient (Wildman–Crippen LogP) is 4.38. The van der Waals surface area contributed by atoms with Crippen molar-refractivity contribution in [3.05, 3.63) is 6.92 Å². The molecule has 0 saturated heterocycles. The summed E-state index contributed by atoms with van der Waals surface area (Å²) in [4.78, 5) is 0. The van der Waals surface area contributed by atoms with Crippen LogP contribution >= 0.6 is 0 Å². The fraction of sp³-hybridized carbons (Fsp3) is 0.933. The summed E-state index contributed by atoms with van der Waals surface area (Å²) in [5.41, 5.74) is 0. The molecule has 0 aliphatic rings. The minimum atomic E-state index is 0.613. The van der Waals surface area contributed by atoms with Crippen molar-refractivity contribution in [1.82, 2.24) is 0 Å². The maximum Gasteiger partial charge on any atom is 0.0466 e. The monoisotopic (exact) mass is 243 g/mol. The Balaban J connectivity index is 2.85. The van der Waals surface area contributed by atoms with E-state index in [1.165, 1.54) is 57.8 Å². The number of rotatable bonds is 14. The zero-order chi connectivity index (χ0) is 12.6. The predicted molar refractivity (Wildman–Crippen MR) is 74.2 cm³/mol. The van der Waals surface area contributed by atoms with E-state index in [9.17, 15) is 0 Å². The number of hydrogen-bond donors (Lipinski definition) is 0. The first kappa shape index (κ1) is 16.9. The van der Waals surface area contributed by atoms with E-state index in [1.807, 2.05) is 0 Å². The van der Waals surface area contributed by atoms with Gasteiger partial charge in [0, 0.05) is 26.4 Å². The molecule has 1 radical (unpaired) electrons. The molecule has 0 unspecified atom stereocenters. The summed E-state index contributed by atoms with van der Waals surface area (Å²) in [7, 11) is 0. The number of hydrogen-bond acceptors (Lipinski definition) is 2. The zero-order valence-corrected chi connectivity index (χ0v) is 11.7. The van der Waals surface area contributed by atoms with Crippen LogP contribution in [-0.4, -0.2) is 26.4 Å². The largest absolute Gasteiger partial charge is 0.382 e. The third kappa shape index (κ3) is 15.9. The third-order valence-corrected chi connectivity index (χ3v) is 2.93. The Labute approximate surface area is 108 Å². The maximum absolute atomic E-state index is 5.31. The second kappa shape index (κ2) is 15.9. The van der Waals surface area contributed by atoms with Crippen LogP contribution in [0.4, 0.5) is 0 Å². The lowest BCUT2D eigenvalue weighted by molar-refractivity contribution is 0.143. The average molecular weight is 243 g/mol. The first-order chi connectivity index (χ1) is 8.41. The molecule has 0 fully saturated rings. The minimum absolute atomic E-state index is 0.613. The first-order valence-corrected chi connectivity index (χ1v) is 7.36. The van der Waals surface area contributed by atoms with Gasteiger partial charge in [0.25, 0.3) is 0 Å². The van der Waals surface area contributed by atoms with Crippen LogP contribution < -0.4 is 0 Å². The van der Waals surface area contributed by atoms with Gasteiger partial charge in [0.15, 0.2) is 0 Å². The number of ether oxygens (including phenoxy) is 2. The van der Waals surface area contributed by atoms with Gasteiger partial charge < -0.3 is 9.47 Å². The molecule has 0 aliphatic heterocycles. The molecule has 2 nitrogen and oxygen atoms in total. The van der Waals surface area contributed by atoms with Crippen molar-refractivity contribution in [2.75, 3.05) is 26.4 Å².